The van der Waals surface area contributed by atoms with Crippen LogP contribution in [0.2, 0.25) is 5.02 Å². The summed E-state index contributed by atoms with van der Waals surface area (Å²) < 4.78 is 4.77. The van der Waals surface area contributed by atoms with E-state index in [-0.39, 0.29) is 28.7 Å². The second kappa shape index (κ2) is 7.05. The lowest BCUT2D eigenvalue weighted by Gasteiger charge is -2.10. The van der Waals surface area contributed by atoms with E-state index in [1.807, 2.05) is 0 Å². The molecule has 1 aliphatic rings. The van der Waals surface area contributed by atoms with Gasteiger partial charge in [-0.1, -0.05) is 11.6 Å². The van der Waals surface area contributed by atoms with Crippen molar-refractivity contribution in [1.82, 2.24) is 5.32 Å². The molecule has 23 heavy (non-hydrogen) atoms. The predicted molar refractivity (Wildman–Crippen MR) is 78.9 cm³/mol. The Kier molecular flexibility index (Phi) is 5.12. The minimum atomic E-state index is -0.768. The summed E-state index contributed by atoms with van der Waals surface area (Å²) >= 11 is 5.73. The average Bonchev–Trinajstić information content (AvgIpc) is 2.91. The zero-order chi connectivity index (χ0) is 17.0. The van der Waals surface area contributed by atoms with Gasteiger partial charge in [0.25, 0.3) is 11.6 Å². The minimum Gasteiger partial charge on any atom is -0.454 e. The summed E-state index contributed by atoms with van der Waals surface area (Å²) in [6, 6.07) is 2.92. The number of hydrogen-bond acceptors (Lipinski definition) is 6. The summed E-state index contributed by atoms with van der Waals surface area (Å²) in [6.07, 6.45) is 0.528. The molecule has 2 N–H and O–H groups in total. The summed E-state index contributed by atoms with van der Waals surface area (Å²) in [5.41, 5.74) is -0.435. The van der Waals surface area contributed by atoms with Gasteiger partial charge in [-0.25, -0.2) is 4.79 Å². The first-order valence-electron chi connectivity index (χ1n) is 6.56. The van der Waals surface area contributed by atoms with Crippen molar-refractivity contribution in [2.24, 2.45) is 0 Å². The van der Waals surface area contributed by atoms with E-state index < -0.39 is 29.4 Å². The topological polar surface area (TPSA) is 128 Å². The first-order valence-corrected chi connectivity index (χ1v) is 6.94. The van der Waals surface area contributed by atoms with E-state index in [4.69, 9.17) is 16.3 Å². The number of nitrogens with one attached hydrogen (secondary N) is 2. The SMILES string of the molecule is O=C(COC(=O)[C@@H]1CCC(=O)N1)Nc1cc(Cl)ccc1[N+](=O)[O-]. The Hall–Kier alpha value is -2.68. The van der Waals surface area contributed by atoms with E-state index >= 15 is 0 Å². The van der Waals surface area contributed by atoms with Gasteiger partial charge in [-0.2, -0.15) is 0 Å². The molecular formula is C13H12ClN3O6. The van der Waals surface area contributed by atoms with Crippen LogP contribution >= 0.6 is 11.6 Å². The molecule has 10 heteroatoms. The van der Waals surface area contributed by atoms with Crippen LogP contribution in [0.25, 0.3) is 0 Å². The molecule has 0 aromatic heterocycles. The molecule has 1 aromatic rings. The van der Waals surface area contributed by atoms with E-state index in [1.165, 1.54) is 12.1 Å². The van der Waals surface area contributed by atoms with Crippen molar-refractivity contribution >= 4 is 40.8 Å². The van der Waals surface area contributed by atoms with Gasteiger partial charge in [0, 0.05) is 17.5 Å². The third-order valence-corrected chi connectivity index (χ3v) is 3.29. The summed E-state index contributed by atoms with van der Waals surface area (Å²) in [6.45, 7) is -0.630. The molecule has 1 aromatic carbocycles. The summed E-state index contributed by atoms with van der Waals surface area (Å²) in [5.74, 6) is -1.74. The van der Waals surface area contributed by atoms with E-state index in [2.05, 4.69) is 10.6 Å². The standard InChI is InChI=1S/C13H12ClN3O6/c14-7-1-3-10(17(21)22)9(5-7)16-12(19)6-23-13(20)8-2-4-11(18)15-8/h1,3,5,8H,2,4,6H2,(H,15,18)(H,16,19)/t8-/m0/s1. The van der Waals surface area contributed by atoms with E-state index in [0.717, 1.165) is 6.07 Å². The number of nitro benzene ring substituents is 1. The fourth-order valence-electron chi connectivity index (χ4n) is 1.98. The second-order valence-corrected chi connectivity index (χ2v) is 5.17. The molecule has 0 radical (unpaired) electrons. The average molecular weight is 342 g/mol. The molecule has 2 amide bonds. The van der Waals surface area contributed by atoms with Gasteiger partial charge < -0.3 is 15.4 Å². The van der Waals surface area contributed by atoms with Crippen LogP contribution in [0.3, 0.4) is 0 Å². The van der Waals surface area contributed by atoms with Crippen molar-refractivity contribution < 1.29 is 24.0 Å². The Morgan fingerprint density at radius 3 is 2.83 bits per heavy atom. The highest BCUT2D eigenvalue weighted by molar-refractivity contribution is 6.31. The molecule has 0 spiro atoms. The molecule has 9 nitrogen and oxygen atoms in total. The number of esters is 1. The summed E-state index contributed by atoms with van der Waals surface area (Å²) in [4.78, 5) is 44.6. The van der Waals surface area contributed by atoms with Gasteiger partial charge in [0.1, 0.15) is 11.7 Å². The van der Waals surface area contributed by atoms with Crippen LogP contribution in [0, 0.1) is 10.1 Å². The van der Waals surface area contributed by atoms with Gasteiger partial charge in [0.05, 0.1) is 4.92 Å². The van der Waals surface area contributed by atoms with Crippen molar-refractivity contribution in [3.8, 4) is 0 Å². The molecule has 0 unspecified atom stereocenters. The van der Waals surface area contributed by atoms with Crippen molar-refractivity contribution in [2.45, 2.75) is 18.9 Å². The maximum absolute atomic E-state index is 11.7. The molecule has 0 saturated carbocycles. The summed E-state index contributed by atoms with van der Waals surface area (Å²) in [5, 5.41) is 15.7. The number of benzene rings is 1. The maximum atomic E-state index is 11.7. The monoisotopic (exact) mass is 341 g/mol. The van der Waals surface area contributed by atoms with Crippen LogP contribution in [0.1, 0.15) is 12.8 Å². The fraction of sp³-hybridized carbons (Fsp3) is 0.308. The Labute approximate surface area is 135 Å². The van der Waals surface area contributed by atoms with Crippen LogP contribution in [-0.4, -0.2) is 35.4 Å². The number of hydrogen-bond donors (Lipinski definition) is 2. The maximum Gasteiger partial charge on any atom is 0.329 e. The number of halogens is 1. The summed E-state index contributed by atoms with van der Waals surface area (Å²) in [7, 11) is 0. The number of nitrogens with zero attached hydrogens (tertiary/aromatic N) is 1. The number of amides is 2. The molecule has 1 atom stereocenters. The first-order chi connectivity index (χ1) is 10.9. The molecule has 1 saturated heterocycles. The van der Waals surface area contributed by atoms with Gasteiger partial charge in [-0.3, -0.25) is 19.7 Å². The predicted octanol–water partition coefficient (Wildman–Crippen LogP) is 1.01. The number of carbonyl (C=O) groups excluding carboxylic acids is 3. The van der Waals surface area contributed by atoms with Crippen LogP contribution in [0.5, 0.6) is 0 Å². The molecule has 0 bridgehead atoms. The van der Waals surface area contributed by atoms with E-state index in [9.17, 15) is 24.5 Å². The largest absolute Gasteiger partial charge is 0.454 e. The Bertz CT molecular complexity index is 678. The molecular weight excluding hydrogens is 330 g/mol. The van der Waals surface area contributed by atoms with E-state index in [0.29, 0.717) is 6.42 Å². The third-order valence-electron chi connectivity index (χ3n) is 3.05. The highest BCUT2D eigenvalue weighted by atomic mass is 35.5. The minimum absolute atomic E-state index is 0.0993. The highest BCUT2D eigenvalue weighted by Crippen LogP contribution is 2.27. The van der Waals surface area contributed by atoms with Crippen LogP contribution in [0.4, 0.5) is 11.4 Å². The van der Waals surface area contributed by atoms with Gasteiger partial charge >= 0.3 is 5.97 Å². The van der Waals surface area contributed by atoms with Gasteiger partial charge in [0.15, 0.2) is 6.61 Å². The lowest BCUT2D eigenvalue weighted by Crippen LogP contribution is -2.36. The first kappa shape index (κ1) is 16.7. The van der Waals surface area contributed by atoms with Crippen LogP contribution in [-0.2, 0) is 19.1 Å². The van der Waals surface area contributed by atoms with Crippen molar-refractivity contribution in [3.63, 3.8) is 0 Å². The van der Waals surface area contributed by atoms with Gasteiger partial charge in [-0.15, -0.1) is 0 Å². The van der Waals surface area contributed by atoms with E-state index in [1.54, 1.807) is 0 Å². The zero-order valence-electron chi connectivity index (χ0n) is 11.7. The number of rotatable bonds is 5. The third kappa shape index (κ3) is 4.39. The normalized spacial score (nSPS) is 16.6. The molecule has 1 aliphatic heterocycles. The zero-order valence-corrected chi connectivity index (χ0v) is 12.5. The van der Waals surface area contributed by atoms with Crippen molar-refractivity contribution in [1.29, 1.82) is 0 Å². The number of carbonyl (C=O) groups is 3. The molecule has 2 rings (SSSR count). The lowest BCUT2D eigenvalue weighted by molar-refractivity contribution is -0.383. The molecule has 122 valence electrons. The Morgan fingerprint density at radius 1 is 1.48 bits per heavy atom. The second-order valence-electron chi connectivity index (χ2n) is 4.73. The van der Waals surface area contributed by atoms with Crippen molar-refractivity contribution in [3.05, 3.63) is 33.3 Å². The van der Waals surface area contributed by atoms with Crippen LogP contribution in [0.15, 0.2) is 18.2 Å². The van der Waals surface area contributed by atoms with Gasteiger partial charge in [-0.05, 0) is 18.6 Å². The number of anilines is 1. The Morgan fingerprint density at radius 2 is 2.22 bits per heavy atom. The number of nitro groups is 1. The smallest absolute Gasteiger partial charge is 0.329 e. The number of ether oxygens (including phenoxy) is 1. The molecule has 1 fully saturated rings. The lowest BCUT2D eigenvalue weighted by atomic mass is 10.2. The highest BCUT2D eigenvalue weighted by Gasteiger charge is 2.29. The fourth-order valence-corrected chi connectivity index (χ4v) is 2.15. The molecule has 1 heterocycles. The molecule has 0 aliphatic carbocycles. The quantitative estimate of drug-likeness (QED) is 0.467. The van der Waals surface area contributed by atoms with Crippen molar-refractivity contribution in [2.75, 3.05) is 11.9 Å². The Balaban J connectivity index is 1.92. The van der Waals surface area contributed by atoms with Gasteiger partial charge in [0.2, 0.25) is 5.91 Å². The van der Waals surface area contributed by atoms with Crippen LogP contribution < -0.4 is 10.6 Å².